The summed E-state index contributed by atoms with van der Waals surface area (Å²) in [5.74, 6) is 2.28. The third-order valence-corrected chi connectivity index (χ3v) is 3.12. The molecule has 0 fully saturated rings. The summed E-state index contributed by atoms with van der Waals surface area (Å²) in [5.41, 5.74) is 2.55. The summed E-state index contributed by atoms with van der Waals surface area (Å²) in [6.07, 6.45) is 5.35. The maximum Gasteiger partial charge on any atom is 0.274 e. The number of hydrogen-bond donors (Lipinski definition) is 1. The van der Waals surface area contributed by atoms with Crippen LogP contribution in [0, 0.1) is 12.3 Å². The fraction of sp³-hybridized carbons (Fsp3) is 0. The molecule has 0 aliphatic heterocycles. The number of para-hydroxylation sites is 1. The van der Waals surface area contributed by atoms with E-state index in [-0.39, 0.29) is 5.91 Å². The quantitative estimate of drug-likeness (QED) is 0.726. The van der Waals surface area contributed by atoms with Crippen molar-refractivity contribution in [2.24, 2.45) is 0 Å². The number of aromatic nitrogens is 1. The van der Waals surface area contributed by atoms with Gasteiger partial charge in [0.1, 0.15) is 5.69 Å². The molecule has 0 bridgehead atoms. The van der Waals surface area contributed by atoms with Crippen LogP contribution < -0.4 is 5.32 Å². The van der Waals surface area contributed by atoms with E-state index in [0.29, 0.717) is 11.4 Å². The molecule has 0 radical (unpaired) electrons. The van der Waals surface area contributed by atoms with Crippen molar-refractivity contribution in [2.45, 2.75) is 0 Å². The van der Waals surface area contributed by atoms with Crippen LogP contribution in [0.3, 0.4) is 0 Å². The van der Waals surface area contributed by atoms with Gasteiger partial charge in [0.15, 0.2) is 0 Å². The molecule has 3 aromatic rings. The molecule has 0 unspecified atom stereocenters. The SMILES string of the molecule is C#Cc1cccc(NC(=O)c2ccc3ccccc3n2)c1. The second kappa shape index (κ2) is 5.48. The highest BCUT2D eigenvalue weighted by molar-refractivity contribution is 6.04. The van der Waals surface area contributed by atoms with Crippen molar-refractivity contribution in [2.75, 3.05) is 5.32 Å². The van der Waals surface area contributed by atoms with Gasteiger partial charge in [0.2, 0.25) is 0 Å². The molecule has 0 aliphatic carbocycles. The zero-order valence-electron chi connectivity index (χ0n) is 11.2. The van der Waals surface area contributed by atoms with E-state index < -0.39 is 0 Å². The van der Waals surface area contributed by atoms with Gasteiger partial charge in [0, 0.05) is 16.6 Å². The van der Waals surface area contributed by atoms with E-state index in [2.05, 4.69) is 16.2 Å². The first kappa shape index (κ1) is 12.9. The molecule has 0 spiro atoms. The summed E-state index contributed by atoms with van der Waals surface area (Å²) in [7, 11) is 0. The third-order valence-electron chi connectivity index (χ3n) is 3.12. The molecule has 0 saturated carbocycles. The molecule has 3 nitrogen and oxygen atoms in total. The van der Waals surface area contributed by atoms with E-state index in [1.807, 2.05) is 36.4 Å². The average Bonchev–Trinajstić information content (AvgIpc) is 2.54. The number of pyridine rings is 1. The molecule has 1 heterocycles. The molecule has 0 aliphatic rings. The van der Waals surface area contributed by atoms with Gasteiger partial charge in [0.05, 0.1) is 5.52 Å². The first-order valence-corrected chi connectivity index (χ1v) is 6.50. The summed E-state index contributed by atoms with van der Waals surface area (Å²) in [4.78, 5) is 16.6. The standard InChI is InChI=1S/C18H12N2O/c1-2-13-6-5-8-15(12-13)19-18(21)17-11-10-14-7-3-4-9-16(14)20-17/h1,3-12H,(H,19,21). The van der Waals surface area contributed by atoms with Gasteiger partial charge in [0.25, 0.3) is 5.91 Å². The van der Waals surface area contributed by atoms with Crippen molar-refractivity contribution in [3.8, 4) is 12.3 Å². The smallest absolute Gasteiger partial charge is 0.274 e. The summed E-state index contributed by atoms with van der Waals surface area (Å²) >= 11 is 0. The van der Waals surface area contributed by atoms with Gasteiger partial charge in [-0.3, -0.25) is 4.79 Å². The number of rotatable bonds is 2. The van der Waals surface area contributed by atoms with Gasteiger partial charge in [-0.25, -0.2) is 4.98 Å². The molecular weight excluding hydrogens is 260 g/mol. The maximum atomic E-state index is 12.2. The van der Waals surface area contributed by atoms with Crippen molar-refractivity contribution >= 4 is 22.5 Å². The largest absolute Gasteiger partial charge is 0.321 e. The maximum absolute atomic E-state index is 12.2. The molecule has 1 aromatic heterocycles. The molecular formula is C18H12N2O. The van der Waals surface area contributed by atoms with Crippen LogP contribution in [0.15, 0.2) is 60.7 Å². The Morgan fingerprint density at radius 2 is 1.90 bits per heavy atom. The molecule has 0 saturated heterocycles. The molecule has 3 rings (SSSR count). The number of nitrogens with one attached hydrogen (secondary N) is 1. The zero-order chi connectivity index (χ0) is 14.7. The van der Waals surface area contributed by atoms with E-state index in [4.69, 9.17) is 6.42 Å². The number of nitrogens with zero attached hydrogens (tertiary/aromatic N) is 1. The lowest BCUT2D eigenvalue weighted by atomic mass is 10.2. The Morgan fingerprint density at radius 1 is 1.05 bits per heavy atom. The molecule has 100 valence electrons. The predicted molar refractivity (Wildman–Crippen MR) is 84.1 cm³/mol. The molecule has 1 amide bonds. The van der Waals surface area contributed by atoms with Crippen molar-refractivity contribution in [3.05, 3.63) is 71.9 Å². The third kappa shape index (κ3) is 2.75. The van der Waals surface area contributed by atoms with Crippen molar-refractivity contribution in [1.29, 1.82) is 0 Å². The zero-order valence-corrected chi connectivity index (χ0v) is 11.2. The van der Waals surface area contributed by atoms with Gasteiger partial charge < -0.3 is 5.32 Å². The average molecular weight is 272 g/mol. The van der Waals surface area contributed by atoms with E-state index >= 15 is 0 Å². The molecule has 21 heavy (non-hydrogen) atoms. The Kier molecular flexibility index (Phi) is 3.36. The van der Waals surface area contributed by atoms with Gasteiger partial charge >= 0.3 is 0 Å². The van der Waals surface area contributed by atoms with Crippen LogP contribution in [-0.2, 0) is 0 Å². The molecule has 1 N–H and O–H groups in total. The Labute approximate surface area is 122 Å². The second-order valence-corrected chi connectivity index (χ2v) is 4.57. The summed E-state index contributed by atoms with van der Waals surface area (Å²) in [6, 6.07) is 18.4. The van der Waals surface area contributed by atoms with Crippen molar-refractivity contribution in [3.63, 3.8) is 0 Å². The van der Waals surface area contributed by atoms with Gasteiger partial charge in [-0.05, 0) is 30.3 Å². The number of hydrogen-bond acceptors (Lipinski definition) is 2. The monoisotopic (exact) mass is 272 g/mol. The Hall–Kier alpha value is -3.12. The minimum Gasteiger partial charge on any atom is -0.321 e. The van der Waals surface area contributed by atoms with Crippen LogP contribution in [0.25, 0.3) is 10.9 Å². The molecule has 2 aromatic carbocycles. The number of benzene rings is 2. The van der Waals surface area contributed by atoms with Gasteiger partial charge in [-0.1, -0.05) is 36.3 Å². The van der Waals surface area contributed by atoms with Crippen LogP contribution >= 0.6 is 0 Å². The highest BCUT2D eigenvalue weighted by Gasteiger charge is 2.08. The highest BCUT2D eigenvalue weighted by atomic mass is 16.1. The first-order valence-electron chi connectivity index (χ1n) is 6.50. The van der Waals surface area contributed by atoms with Crippen LogP contribution in [0.5, 0.6) is 0 Å². The number of anilines is 1. The van der Waals surface area contributed by atoms with Crippen LogP contribution in [0.4, 0.5) is 5.69 Å². The number of fused-ring (bicyclic) bond motifs is 1. The van der Waals surface area contributed by atoms with Gasteiger partial charge in [-0.2, -0.15) is 0 Å². The van der Waals surface area contributed by atoms with E-state index in [1.54, 1.807) is 24.3 Å². The minimum absolute atomic E-state index is 0.255. The topological polar surface area (TPSA) is 42.0 Å². The van der Waals surface area contributed by atoms with Crippen molar-refractivity contribution < 1.29 is 4.79 Å². The van der Waals surface area contributed by atoms with E-state index in [1.165, 1.54) is 0 Å². The fourth-order valence-electron chi connectivity index (χ4n) is 2.07. The molecule has 0 atom stereocenters. The van der Waals surface area contributed by atoms with Crippen LogP contribution in [0.1, 0.15) is 16.1 Å². The first-order chi connectivity index (χ1) is 10.3. The van der Waals surface area contributed by atoms with Crippen molar-refractivity contribution in [1.82, 2.24) is 4.98 Å². The second-order valence-electron chi connectivity index (χ2n) is 4.57. The fourth-order valence-corrected chi connectivity index (χ4v) is 2.07. The summed E-state index contributed by atoms with van der Waals surface area (Å²) in [6.45, 7) is 0. The summed E-state index contributed by atoms with van der Waals surface area (Å²) < 4.78 is 0. The number of carbonyl (C=O) groups is 1. The van der Waals surface area contributed by atoms with E-state index in [0.717, 1.165) is 16.5 Å². The highest BCUT2D eigenvalue weighted by Crippen LogP contribution is 2.14. The minimum atomic E-state index is -0.255. The Bertz CT molecular complexity index is 862. The lowest BCUT2D eigenvalue weighted by molar-refractivity contribution is 0.102. The lowest BCUT2D eigenvalue weighted by Gasteiger charge is -2.06. The number of carbonyl (C=O) groups excluding carboxylic acids is 1. The van der Waals surface area contributed by atoms with E-state index in [9.17, 15) is 4.79 Å². The Morgan fingerprint density at radius 3 is 2.76 bits per heavy atom. The number of amides is 1. The van der Waals surface area contributed by atoms with Crippen LogP contribution in [0.2, 0.25) is 0 Å². The predicted octanol–water partition coefficient (Wildman–Crippen LogP) is 3.47. The van der Waals surface area contributed by atoms with Gasteiger partial charge in [-0.15, -0.1) is 6.42 Å². The number of terminal acetylenes is 1. The Balaban J connectivity index is 1.88. The molecule has 3 heteroatoms. The normalized spacial score (nSPS) is 10.0. The lowest BCUT2D eigenvalue weighted by Crippen LogP contribution is -2.13. The van der Waals surface area contributed by atoms with Crippen LogP contribution in [-0.4, -0.2) is 10.9 Å². The summed E-state index contributed by atoms with van der Waals surface area (Å²) in [5, 5.41) is 3.80.